The van der Waals surface area contributed by atoms with Gasteiger partial charge in [-0.15, -0.1) is 0 Å². The summed E-state index contributed by atoms with van der Waals surface area (Å²) in [6.45, 7) is 2.08. The minimum absolute atomic E-state index is 0.0810. The lowest BCUT2D eigenvalue weighted by Gasteiger charge is -2.19. The number of likely N-dealkylation sites (N-methyl/N-ethyl adjacent to an activating group) is 1. The summed E-state index contributed by atoms with van der Waals surface area (Å²) < 4.78 is 15.1. The minimum Gasteiger partial charge on any atom is -0.313 e. The zero-order valence-electron chi connectivity index (χ0n) is 11.4. The van der Waals surface area contributed by atoms with Crippen LogP contribution in [0.5, 0.6) is 0 Å². The van der Waals surface area contributed by atoms with Crippen LogP contribution in [0.25, 0.3) is 0 Å². The van der Waals surface area contributed by atoms with Gasteiger partial charge in [0.1, 0.15) is 5.82 Å². The van der Waals surface area contributed by atoms with Crippen molar-refractivity contribution in [3.05, 3.63) is 67.5 Å². The van der Waals surface area contributed by atoms with E-state index >= 15 is 0 Å². The SMILES string of the molecule is CNC(Cc1ccc(Cl)cc1F)c1cccc(C)c1I. The van der Waals surface area contributed by atoms with Gasteiger partial charge in [0, 0.05) is 14.6 Å². The Morgan fingerprint density at radius 3 is 2.70 bits per heavy atom. The first kappa shape index (κ1) is 15.7. The highest BCUT2D eigenvalue weighted by Gasteiger charge is 2.16. The Bertz CT molecular complexity index is 615. The predicted molar refractivity (Wildman–Crippen MR) is 90.8 cm³/mol. The molecule has 0 aliphatic heterocycles. The molecule has 20 heavy (non-hydrogen) atoms. The molecule has 1 N–H and O–H groups in total. The van der Waals surface area contributed by atoms with Crippen molar-refractivity contribution in [2.45, 2.75) is 19.4 Å². The maximum atomic E-state index is 13.9. The zero-order chi connectivity index (χ0) is 14.7. The van der Waals surface area contributed by atoms with Crippen molar-refractivity contribution < 1.29 is 4.39 Å². The molecule has 0 spiro atoms. The van der Waals surface area contributed by atoms with Crippen LogP contribution in [0.3, 0.4) is 0 Å². The third kappa shape index (κ3) is 3.51. The Kier molecular flexibility index (Phi) is 5.41. The number of nitrogens with one attached hydrogen (secondary N) is 1. The molecule has 106 valence electrons. The van der Waals surface area contributed by atoms with Crippen LogP contribution >= 0.6 is 34.2 Å². The van der Waals surface area contributed by atoms with Gasteiger partial charge in [-0.1, -0.05) is 35.9 Å². The molecule has 1 unspecified atom stereocenters. The van der Waals surface area contributed by atoms with E-state index in [9.17, 15) is 4.39 Å². The van der Waals surface area contributed by atoms with E-state index < -0.39 is 0 Å². The molecule has 0 aliphatic carbocycles. The number of benzene rings is 2. The van der Waals surface area contributed by atoms with Crippen molar-refractivity contribution in [3.63, 3.8) is 0 Å². The third-order valence-corrected chi connectivity index (χ3v) is 5.09. The van der Waals surface area contributed by atoms with Gasteiger partial charge in [-0.2, -0.15) is 0 Å². The van der Waals surface area contributed by atoms with E-state index in [4.69, 9.17) is 11.6 Å². The maximum Gasteiger partial charge on any atom is 0.127 e. The summed E-state index contributed by atoms with van der Waals surface area (Å²) in [5.41, 5.74) is 3.11. The largest absolute Gasteiger partial charge is 0.313 e. The number of rotatable bonds is 4. The molecule has 0 saturated heterocycles. The smallest absolute Gasteiger partial charge is 0.127 e. The van der Waals surface area contributed by atoms with Crippen molar-refractivity contribution in [1.82, 2.24) is 5.32 Å². The number of halogens is 3. The second-order valence-electron chi connectivity index (χ2n) is 4.76. The van der Waals surface area contributed by atoms with Gasteiger partial charge in [-0.05, 0) is 71.8 Å². The van der Waals surface area contributed by atoms with Crippen molar-refractivity contribution >= 4 is 34.2 Å². The second kappa shape index (κ2) is 6.87. The van der Waals surface area contributed by atoms with Gasteiger partial charge in [0.05, 0.1) is 0 Å². The lowest BCUT2D eigenvalue weighted by atomic mass is 9.97. The van der Waals surface area contributed by atoms with Crippen LogP contribution in [-0.2, 0) is 6.42 Å². The predicted octanol–water partition coefficient (Wildman–Crippen LogP) is 4.90. The van der Waals surface area contributed by atoms with Crippen molar-refractivity contribution in [2.24, 2.45) is 0 Å². The van der Waals surface area contributed by atoms with Crippen LogP contribution in [0, 0.1) is 16.3 Å². The van der Waals surface area contributed by atoms with Crippen molar-refractivity contribution in [3.8, 4) is 0 Å². The monoisotopic (exact) mass is 403 g/mol. The van der Waals surface area contributed by atoms with Crippen molar-refractivity contribution in [2.75, 3.05) is 7.05 Å². The van der Waals surface area contributed by atoms with Crippen LogP contribution < -0.4 is 5.32 Å². The van der Waals surface area contributed by atoms with Crippen LogP contribution in [0.2, 0.25) is 5.02 Å². The number of hydrogen-bond donors (Lipinski definition) is 1. The summed E-state index contributed by atoms with van der Waals surface area (Å²) in [6, 6.07) is 11.1. The van der Waals surface area contributed by atoms with E-state index in [0.717, 1.165) is 0 Å². The minimum atomic E-state index is -0.250. The summed E-state index contributed by atoms with van der Waals surface area (Å²) in [4.78, 5) is 0. The molecule has 4 heteroatoms. The average molecular weight is 404 g/mol. The lowest BCUT2D eigenvalue weighted by Crippen LogP contribution is -2.20. The lowest BCUT2D eigenvalue weighted by molar-refractivity contribution is 0.552. The molecule has 0 amide bonds. The van der Waals surface area contributed by atoms with E-state index in [1.165, 1.54) is 20.8 Å². The summed E-state index contributed by atoms with van der Waals surface area (Å²) in [5.74, 6) is -0.250. The Labute approximate surface area is 137 Å². The molecule has 2 aromatic carbocycles. The highest BCUT2D eigenvalue weighted by atomic mass is 127. The van der Waals surface area contributed by atoms with Gasteiger partial charge in [0.15, 0.2) is 0 Å². The fraction of sp³-hybridized carbons (Fsp3) is 0.250. The first-order chi connectivity index (χ1) is 9.52. The van der Waals surface area contributed by atoms with Crippen molar-refractivity contribution in [1.29, 1.82) is 0 Å². The van der Waals surface area contributed by atoms with Crippen LogP contribution in [0.15, 0.2) is 36.4 Å². The van der Waals surface area contributed by atoms with E-state index in [-0.39, 0.29) is 11.9 Å². The molecule has 0 fully saturated rings. The molecule has 0 aromatic heterocycles. The van der Waals surface area contributed by atoms with Gasteiger partial charge in [-0.3, -0.25) is 0 Å². The molecule has 0 saturated carbocycles. The highest BCUT2D eigenvalue weighted by Crippen LogP contribution is 2.27. The Morgan fingerprint density at radius 1 is 1.30 bits per heavy atom. The number of aryl methyl sites for hydroxylation is 1. The molecule has 2 aromatic rings. The summed E-state index contributed by atoms with van der Waals surface area (Å²) in [5, 5.41) is 3.70. The first-order valence-corrected chi connectivity index (χ1v) is 7.84. The molecule has 0 bridgehead atoms. The van der Waals surface area contributed by atoms with E-state index in [1.54, 1.807) is 12.1 Å². The van der Waals surface area contributed by atoms with Gasteiger partial charge < -0.3 is 5.32 Å². The molecule has 1 atom stereocenters. The molecule has 0 radical (unpaired) electrons. The maximum absolute atomic E-state index is 13.9. The Hall–Kier alpha value is -0.650. The normalized spacial score (nSPS) is 12.4. The molecular weight excluding hydrogens is 388 g/mol. The van der Waals surface area contributed by atoms with E-state index in [2.05, 4.69) is 47.0 Å². The highest BCUT2D eigenvalue weighted by molar-refractivity contribution is 14.1. The molecular formula is C16H16ClFIN. The van der Waals surface area contributed by atoms with Crippen LogP contribution in [0.1, 0.15) is 22.7 Å². The summed E-state index contributed by atoms with van der Waals surface area (Å²) in [6.07, 6.45) is 0.596. The first-order valence-electron chi connectivity index (χ1n) is 6.39. The number of hydrogen-bond acceptors (Lipinski definition) is 1. The van der Waals surface area contributed by atoms with E-state index in [0.29, 0.717) is 17.0 Å². The average Bonchev–Trinajstić information content (AvgIpc) is 2.42. The molecule has 0 aliphatic rings. The zero-order valence-corrected chi connectivity index (χ0v) is 14.3. The van der Waals surface area contributed by atoms with Gasteiger partial charge in [0.25, 0.3) is 0 Å². The summed E-state index contributed by atoms with van der Waals surface area (Å²) in [7, 11) is 1.90. The molecule has 0 heterocycles. The summed E-state index contributed by atoms with van der Waals surface area (Å²) >= 11 is 8.14. The third-order valence-electron chi connectivity index (χ3n) is 3.38. The van der Waals surface area contributed by atoms with Gasteiger partial charge in [0.2, 0.25) is 0 Å². The Morgan fingerprint density at radius 2 is 2.05 bits per heavy atom. The fourth-order valence-corrected chi connectivity index (χ4v) is 3.11. The topological polar surface area (TPSA) is 12.0 Å². The van der Waals surface area contributed by atoms with Crippen LogP contribution in [-0.4, -0.2) is 7.05 Å². The van der Waals surface area contributed by atoms with Gasteiger partial charge >= 0.3 is 0 Å². The van der Waals surface area contributed by atoms with Crippen LogP contribution in [0.4, 0.5) is 4.39 Å². The Balaban J connectivity index is 2.31. The standard InChI is InChI=1S/C16H16ClFIN/c1-10-4-3-5-13(16(10)19)15(20-2)8-11-6-7-12(17)9-14(11)18/h3-7,9,15,20H,8H2,1-2H3. The fourth-order valence-electron chi connectivity index (χ4n) is 2.21. The quantitative estimate of drug-likeness (QED) is 0.716. The van der Waals surface area contributed by atoms with E-state index in [1.807, 2.05) is 13.1 Å². The van der Waals surface area contributed by atoms with Gasteiger partial charge in [-0.25, -0.2) is 4.39 Å². The second-order valence-corrected chi connectivity index (χ2v) is 6.27. The molecule has 1 nitrogen and oxygen atoms in total. The molecule has 2 rings (SSSR count).